The van der Waals surface area contributed by atoms with Crippen molar-refractivity contribution in [2.75, 3.05) is 41.0 Å². The van der Waals surface area contributed by atoms with Crippen molar-refractivity contribution < 1.29 is 13.3 Å². The Bertz CT molecular complexity index is 350. The molecule has 0 aromatic rings. The predicted octanol–water partition coefficient (Wildman–Crippen LogP) is 8.62. The minimum atomic E-state index is -2.44. The third-order valence-corrected chi connectivity index (χ3v) is 9.88. The fraction of sp³-hybridized carbons (Fsp3) is 1.00. The molecular formula is C28H61NO3Si. The summed E-state index contributed by atoms with van der Waals surface area (Å²) in [6.45, 7) is 8.21. The van der Waals surface area contributed by atoms with Gasteiger partial charge in [-0.25, -0.2) is 0 Å². The van der Waals surface area contributed by atoms with E-state index in [0.29, 0.717) is 0 Å². The van der Waals surface area contributed by atoms with E-state index < -0.39 is 8.80 Å². The van der Waals surface area contributed by atoms with Gasteiger partial charge in [-0.05, 0) is 38.9 Å². The zero-order valence-corrected chi connectivity index (χ0v) is 24.4. The molecule has 0 saturated carbocycles. The van der Waals surface area contributed by atoms with Gasteiger partial charge in [-0.2, -0.15) is 0 Å². The van der Waals surface area contributed by atoms with Crippen molar-refractivity contribution in [2.24, 2.45) is 0 Å². The van der Waals surface area contributed by atoms with Gasteiger partial charge in [-0.15, -0.1) is 0 Å². The monoisotopic (exact) mass is 487 g/mol. The van der Waals surface area contributed by atoms with Crippen molar-refractivity contribution in [2.45, 2.75) is 142 Å². The van der Waals surface area contributed by atoms with E-state index in [1.165, 1.54) is 129 Å². The third-order valence-electron chi connectivity index (χ3n) is 7.05. The van der Waals surface area contributed by atoms with Crippen LogP contribution in [0.5, 0.6) is 0 Å². The fourth-order valence-electron chi connectivity index (χ4n) is 4.70. The average Bonchev–Trinajstić information content (AvgIpc) is 2.84. The van der Waals surface area contributed by atoms with Gasteiger partial charge in [0.05, 0.1) is 0 Å². The smallest absolute Gasteiger partial charge is 0.377 e. The molecule has 0 aliphatic rings. The lowest BCUT2D eigenvalue weighted by Crippen LogP contribution is -2.43. The molecule has 4 nitrogen and oxygen atoms in total. The Hall–Kier alpha value is 0.0569. The molecule has 0 aliphatic heterocycles. The van der Waals surface area contributed by atoms with Crippen LogP contribution in [0.1, 0.15) is 136 Å². The van der Waals surface area contributed by atoms with Crippen molar-refractivity contribution in [3.05, 3.63) is 0 Å². The number of unbranched alkanes of at least 4 members (excludes halogenated alkanes) is 16. The lowest BCUT2D eigenvalue weighted by Gasteiger charge is -2.27. The Morgan fingerprint density at radius 3 is 1.06 bits per heavy atom. The van der Waals surface area contributed by atoms with E-state index in [4.69, 9.17) is 13.3 Å². The summed E-state index contributed by atoms with van der Waals surface area (Å²) < 4.78 is 16.8. The van der Waals surface area contributed by atoms with Gasteiger partial charge in [0.15, 0.2) is 0 Å². The first-order valence-electron chi connectivity index (χ1n) is 14.6. The maximum Gasteiger partial charge on any atom is 0.500 e. The molecule has 200 valence electrons. The van der Waals surface area contributed by atoms with Gasteiger partial charge < -0.3 is 18.2 Å². The molecule has 0 N–H and O–H groups in total. The van der Waals surface area contributed by atoms with Crippen LogP contribution in [-0.4, -0.2) is 54.7 Å². The molecule has 0 saturated heterocycles. The van der Waals surface area contributed by atoms with E-state index in [2.05, 4.69) is 18.7 Å². The van der Waals surface area contributed by atoms with Crippen molar-refractivity contribution >= 4 is 8.80 Å². The van der Waals surface area contributed by atoms with Crippen LogP contribution in [0.2, 0.25) is 6.04 Å². The summed E-state index contributed by atoms with van der Waals surface area (Å²) in [6.07, 6.45) is 26.3. The maximum absolute atomic E-state index is 5.61. The molecule has 0 heterocycles. The molecule has 0 aromatic carbocycles. The van der Waals surface area contributed by atoms with E-state index in [1.54, 1.807) is 21.3 Å². The highest BCUT2D eigenvalue weighted by atomic mass is 28.4. The van der Waals surface area contributed by atoms with Gasteiger partial charge in [-0.1, -0.05) is 117 Å². The first-order chi connectivity index (χ1) is 16.2. The molecular weight excluding hydrogens is 426 g/mol. The van der Waals surface area contributed by atoms with Crippen molar-refractivity contribution in [3.63, 3.8) is 0 Å². The van der Waals surface area contributed by atoms with Crippen LogP contribution in [0.4, 0.5) is 0 Å². The Morgan fingerprint density at radius 1 is 0.424 bits per heavy atom. The Labute approximate surface area is 209 Å². The number of rotatable bonds is 27. The zero-order valence-electron chi connectivity index (χ0n) is 23.4. The van der Waals surface area contributed by atoms with Crippen LogP contribution in [0.15, 0.2) is 0 Å². The Balaban J connectivity index is 4.12. The highest BCUT2D eigenvalue weighted by Crippen LogP contribution is 2.17. The average molecular weight is 488 g/mol. The van der Waals surface area contributed by atoms with E-state index >= 15 is 0 Å². The van der Waals surface area contributed by atoms with Gasteiger partial charge in [0, 0.05) is 27.4 Å². The van der Waals surface area contributed by atoms with Gasteiger partial charge in [0.1, 0.15) is 0 Å². The summed E-state index contributed by atoms with van der Waals surface area (Å²) in [5.41, 5.74) is 0. The Kier molecular flexibility index (Phi) is 25.2. The summed E-state index contributed by atoms with van der Waals surface area (Å²) in [6, 6.07) is 0.905. The molecule has 0 rings (SSSR count). The normalized spacial score (nSPS) is 12.2. The van der Waals surface area contributed by atoms with Crippen LogP contribution in [0.3, 0.4) is 0 Å². The minimum absolute atomic E-state index is 0.905. The minimum Gasteiger partial charge on any atom is -0.377 e. The van der Waals surface area contributed by atoms with Crippen LogP contribution in [0.25, 0.3) is 0 Å². The first-order valence-corrected chi connectivity index (χ1v) is 16.5. The first kappa shape index (κ1) is 33.1. The van der Waals surface area contributed by atoms with Crippen LogP contribution < -0.4 is 0 Å². The fourth-order valence-corrected chi connectivity index (χ4v) is 6.41. The van der Waals surface area contributed by atoms with E-state index in [1.807, 2.05) is 0 Å². The molecule has 0 fully saturated rings. The van der Waals surface area contributed by atoms with Gasteiger partial charge in [0.2, 0.25) is 0 Å². The molecule has 0 spiro atoms. The molecule has 0 radical (unpaired) electrons. The van der Waals surface area contributed by atoms with Crippen LogP contribution >= 0.6 is 0 Å². The van der Waals surface area contributed by atoms with Crippen LogP contribution in [0, 0.1) is 0 Å². The van der Waals surface area contributed by atoms with Crippen molar-refractivity contribution in [1.29, 1.82) is 0 Å². The van der Waals surface area contributed by atoms with Crippen molar-refractivity contribution in [1.82, 2.24) is 4.90 Å². The molecule has 33 heavy (non-hydrogen) atoms. The number of hydrogen-bond donors (Lipinski definition) is 0. The Morgan fingerprint density at radius 2 is 0.727 bits per heavy atom. The predicted molar refractivity (Wildman–Crippen MR) is 147 cm³/mol. The summed E-state index contributed by atoms with van der Waals surface area (Å²) >= 11 is 0. The summed E-state index contributed by atoms with van der Waals surface area (Å²) in [7, 11) is 2.73. The van der Waals surface area contributed by atoms with Gasteiger partial charge >= 0.3 is 8.80 Å². The molecule has 0 aliphatic carbocycles. The zero-order chi connectivity index (χ0) is 24.5. The SMILES string of the molecule is CCCCCCCCCCCN(CCCCCCCCCCC)CCC[Si](OC)(OC)OC. The molecule has 0 atom stereocenters. The maximum atomic E-state index is 5.61. The van der Waals surface area contributed by atoms with E-state index in [-0.39, 0.29) is 0 Å². The summed E-state index contributed by atoms with van der Waals surface area (Å²) in [4.78, 5) is 2.70. The largest absolute Gasteiger partial charge is 0.500 e. The summed E-state index contributed by atoms with van der Waals surface area (Å²) in [5.74, 6) is 0. The second kappa shape index (κ2) is 25.2. The highest BCUT2D eigenvalue weighted by Gasteiger charge is 2.36. The molecule has 0 aromatic heterocycles. The third kappa shape index (κ3) is 20.0. The highest BCUT2D eigenvalue weighted by molar-refractivity contribution is 6.60. The van der Waals surface area contributed by atoms with Crippen molar-refractivity contribution in [3.8, 4) is 0 Å². The quantitative estimate of drug-likeness (QED) is 0.0857. The summed E-state index contributed by atoms with van der Waals surface area (Å²) in [5, 5.41) is 0. The lowest BCUT2D eigenvalue weighted by atomic mass is 10.1. The van der Waals surface area contributed by atoms with Crippen LogP contribution in [-0.2, 0) is 13.3 Å². The lowest BCUT2D eigenvalue weighted by molar-refractivity contribution is 0.121. The molecule has 0 unspecified atom stereocenters. The second-order valence-electron chi connectivity index (χ2n) is 9.90. The molecule has 0 bridgehead atoms. The van der Waals surface area contributed by atoms with Gasteiger partial charge in [-0.3, -0.25) is 0 Å². The van der Waals surface area contributed by atoms with Gasteiger partial charge in [0.25, 0.3) is 0 Å². The molecule has 0 amide bonds. The van der Waals surface area contributed by atoms with E-state index in [0.717, 1.165) is 19.0 Å². The second-order valence-corrected chi connectivity index (χ2v) is 13.0. The number of hydrogen-bond acceptors (Lipinski definition) is 4. The molecule has 5 heteroatoms. The number of nitrogens with zero attached hydrogens (tertiary/aromatic N) is 1. The van der Waals surface area contributed by atoms with E-state index in [9.17, 15) is 0 Å². The standard InChI is InChI=1S/C28H61NO3Si/c1-6-8-10-12-14-16-18-20-22-25-29(27-24-28-33(30-3,31-4)32-5)26-23-21-19-17-15-13-11-9-7-2/h6-28H2,1-5H3. The topological polar surface area (TPSA) is 30.9 Å².